The number of nitro groups is 1. The van der Waals surface area contributed by atoms with E-state index in [1.54, 1.807) is 6.92 Å². The molecule has 24 heavy (non-hydrogen) atoms. The van der Waals surface area contributed by atoms with Crippen LogP contribution in [0, 0.1) is 10.1 Å². The van der Waals surface area contributed by atoms with Gasteiger partial charge in [-0.05, 0) is 26.5 Å². The van der Waals surface area contributed by atoms with Crippen molar-refractivity contribution in [2.75, 3.05) is 13.1 Å². The molecule has 0 aliphatic carbocycles. The molecule has 1 aromatic carbocycles. The highest BCUT2D eigenvalue weighted by molar-refractivity contribution is 5.97. The molecule has 1 aromatic rings. The molecule has 1 unspecified atom stereocenters. The topological polar surface area (TPSA) is 113 Å². The van der Waals surface area contributed by atoms with E-state index in [0.717, 1.165) is 6.54 Å². The van der Waals surface area contributed by atoms with Gasteiger partial charge in [0, 0.05) is 30.3 Å². The van der Waals surface area contributed by atoms with E-state index in [0.29, 0.717) is 6.54 Å². The fraction of sp³-hybridized carbons (Fsp3) is 0.467. The average Bonchev–Trinajstić information content (AvgIpc) is 2.52. The lowest BCUT2D eigenvalue weighted by Gasteiger charge is -2.17. The van der Waals surface area contributed by atoms with Gasteiger partial charge >= 0.3 is 0 Å². The Balaban J connectivity index is 0.00000529. The lowest BCUT2D eigenvalue weighted by Crippen LogP contribution is -2.48. The smallest absolute Gasteiger partial charge is 0.270 e. The van der Waals surface area contributed by atoms with Gasteiger partial charge < -0.3 is 16.0 Å². The highest BCUT2D eigenvalue weighted by Crippen LogP contribution is 2.13. The first kappa shape index (κ1) is 21.8. The quantitative estimate of drug-likeness (QED) is 0.478. The summed E-state index contributed by atoms with van der Waals surface area (Å²) in [6.07, 6.45) is 0. The van der Waals surface area contributed by atoms with Crippen LogP contribution in [0.5, 0.6) is 0 Å². The van der Waals surface area contributed by atoms with Crippen LogP contribution in [0.2, 0.25) is 0 Å². The number of carbonyl (C=O) groups excluding carboxylic acids is 2. The van der Waals surface area contributed by atoms with E-state index in [1.165, 1.54) is 24.3 Å². The summed E-state index contributed by atoms with van der Waals surface area (Å²) in [5.41, 5.74) is -0.0333. The number of benzene rings is 1. The summed E-state index contributed by atoms with van der Waals surface area (Å²) < 4.78 is 0. The summed E-state index contributed by atoms with van der Waals surface area (Å²) in [7, 11) is 0. The number of carbonyl (C=O) groups is 2. The van der Waals surface area contributed by atoms with Gasteiger partial charge in [-0.2, -0.15) is 0 Å². The predicted molar refractivity (Wildman–Crippen MR) is 93.4 cm³/mol. The van der Waals surface area contributed by atoms with Crippen molar-refractivity contribution in [1.29, 1.82) is 0 Å². The summed E-state index contributed by atoms with van der Waals surface area (Å²) in [5.74, 6) is -0.843. The SMILES string of the molecule is CCN[C@H](C)CNC(=O)C(C)NC(=O)c1cccc([N+](=O)[O-])c1.Cl. The highest BCUT2D eigenvalue weighted by Gasteiger charge is 2.18. The number of non-ortho nitro benzene ring substituents is 1. The van der Waals surface area contributed by atoms with Gasteiger partial charge in [-0.15, -0.1) is 12.4 Å². The van der Waals surface area contributed by atoms with Gasteiger partial charge in [-0.25, -0.2) is 0 Å². The first-order chi connectivity index (χ1) is 10.8. The first-order valence-corrected chi connectivity index (χ1v) is 7.41. The molecule has 2 amide bonds. The molecule has 1 rings (SSSR count). The van der Waals surface area contributed by atoms with Crippen molar-refractivity contribution in [3.05, 3.63) is 39.9 Å². The van der Waals surface area contributed by atoms with Gasteiger partial charge in [-0.3, -0.25) is 19.7 Å². The van der Waals surface area contributed by atoms with E-state index in [1.807, 2.05) is 13.8 Å². The molecule has 0 bridgehead atoms. The average molecular weight is 359 g/mol. The van der Waals surface area contributed by atoms with Crippen molar-refractivity contribution in [2.45, 2.75) is 32.9 Å². The molecule has 0 aromatic heterocycles. The van der Waals surface area contributed by atoms with E-state index in [9.17, 15) is 19.7 Å². The normalized spacial score (nSPS) is 12.5. The van der Waals surface area contributed by atoms with Gasteiger partial charge in [0.1, 0.15) is 6.04 Å². The van der Waals surface area contributed by atoms with Crippen LogP contribution >= 0.6 is 12.4 Å². The van der Waals surface area contributed by atoms with Crippen molar-refractivity contribution in [1.82, 2.24) is 16.0 Å². The minimum absolute atomic E-state index is 0. The van der Waals surface area contributed by atoms with E-state index >= 15 is 0 Å². The Hall–Kier alpha value is -2.19. The van der Waals surface area contributed by atoms with E-state index in [4.69, 9.17) is 0 Å². The molecular formula is C15H23ClN4O4. The number of likely N-dealkylation sites (N-methyl/N-ethyl adjacent to an activating group) is 1. The molecule has 9 heteroatoms. The summed E-state index contributed by atoms with van der Waals surface area (Å²) in [5, 5.41) is 19.1. The summed E-state index contributed by atoms with van der Waals surface area (Å²) in [4.78, 5) is 34.1. The lowest BCUT2D eigenvalue weighted by atomic mass is 10.1. The molecule has 0 fully saturated rings. The van der Waals surface area contributed by atoms with Crippen LogP contribution in [0.25, 0.3) is 0 Å². The van der Waals surface area contributed by atoms with Crippen molar-refractivity contribution in [3.63, 3.8) is 0 Å². The molecule has 2 atom stereocenters. The Morgan fingerprint density at radius 2 is 1.96 bits per heavy atom. The number of hydrogen-bond donors (Lipinski definition) is 3. The fourth-order valence-electron chi connectivity index (χ4n) is 1.93. The zero-order valence-corrected chi connectivity index (χ0v) is 14.7. The lowest BCUT2D eigenvalue weighted by molar-refractivity contribution is -0.384. The summed E-state index contributed by atoms with van der Waals surface area (Å²) in [6.45, 7) is 6.72. The molecule has 0 radical (unpaired) electrons. The molecule has 0 saturated carbocycles. The van der Waals surface area contributed by atoms with E-state index in [-0.39, 0.29) is 35.6 Å². The highest BCUT2D eigenvalue weighted by atomic mass is 35.5. The molecular weight excluding hydrogens is 336 g/mol. The third-order valence-corrected chi connectivity index (χ3v) is 3.20. The van der Waals surface area contributed by atoms with E-state index < -0.39 is 16.9 Å². The fourth-order valence-corrected chi connectivity index (χ4v) is 1.93. The number of hydrogen-bond acceptors (Lipinski definition) is 5. The Morgan fingerprint density at radius 1 is 1.29 bits per heavy atom. The zero-order chi connectivity index (χ0) is 17.4. The number of nitrogens with zero attached hydrogens (tertiary/aromatic N) is 1. The van der Waals surface area contributed by atoms with Gasteiger partial charge in [0.25, 0.3) is 11.6 Å². The Labute approximate surface area is 146 Å². The molecule has 0 spiro atoms. The van der Waals surface area contributed by atoms with Crippen molar-refractivity contribution in [3.8, 4) is 0 Å². The molecule has 8 nitrogen and oxygen atoms in total. The largest absolute Gasteiger partial charge is 0.353 e. The van der Waals surface area contributed by atoms with Crippen molar-refractivity contribution in [2.24, 2.45) is 0 Å². The van der Waals surface area contributed by atoms with Gasteiger partial charge in [0.05, 0.1) is 4.92 Å². The number of nitrogens with one attached hydrogen (secondary N) is 3. The zero-order valence-electron chi connectivity index (χ0n) is 13.9. The predicted octanol–water partition coefficient (Wildman–Crippen LogP) is 1.25. The maximum Gasteiger partial charge on any atom is 0.270 e. The maximum absolute atomic E-state index is 12.0. The number of halogens is 1. The molecule has 3 N–H and O–H groups in total. The molecule has 0 aliphatic heterocycles. The van der Waals surface area contributed by atoms with Crippen molar-refractivity contribution >= 4 is 29.9 Å². The molecule has 134 valence electrons. The van der Waals surface area contributed by atoms with Crippen LogP contribution in [-0.2, 0) is 4.79 Å². The standard InChI is InChI=1S/C15H22N4O4.ClH/c1-4-16-10(2)9-17-14(20)11(3)18-15(21)12-6-5-7-13(8-12)19(22)23;/h5-8,10-11,16H,4,9H2,1-3H3,(H,17,20)(H,18,21);1H/t10-,11?;/m1./s1. The van der Waals surface area contributed by atoms with Gasteiger partial charge in [0.15, 0.2) is 0 Å². The van der Waals surface area contributed by atoms with Crippen LogP contribution < -0.4 is 16.0 Å². The third-order valence-electron chi connectivity index (χ3n) is 3.20. The molecule has 0 heterocycles. The Morgan fingerprint density at radius 3 is 2.54 bits per heavy atom. The maximum atomic E-state index is 12.0. The minimum atomic E-state index is -0.740. The third kappa shape index (κ3) is 6.93. The van der Waals surface area contributed by atoms with E-state index in [2.05, 4.69) is 16.0 Å². The second-order valence-electron chi connectivity index (χ2n) is 5.21. The number of amides is 2. The summed E-state index contributed by atoms with van der Waals surface area (Å²) in [6, 6.07) is 4.75. The monoisotopic (exact) mass is 358 g/mol. The summed E-state index contributed by atoms with van der Waals surface area (Å²) >= 11 is 0. The molecule has 0 aliphatic rings. The first-order valence-electron chi connectivity index (χ1n) is 7.41. The molecule has 0 saturated heterocycles. The number of rotatable bonds is 8. The Kier molecular flexibility index (Phi) is 9.60. The van der Waals surface area contributed by atoms with Gasteiger partial charge in [-0.1, -0.05) is 13.0 Å². The van der Waals surface area contributed by atoms with Gasteiger partial charge in [0.2, 0.25) is 5.91 Å². The van der Waals surface area contributed by atoms with Crippen molar-refractivity contribution < 1.29 is 14.5 Å². The van der Waals surface area contributed by atoms with Crippen LogP contribution in [0.1, 0.15) is 31.1 Å². The second kappa shape index (κ2) is 10.6. The van der Waals surface area contributed by atoms with Crippen LogP contribution in [0.3, 0.4) is 0 Å². The Bertz CT molecular complexity index is 582. The second-order valence-corrected chi connectivity index (χ2v) is 5.21. The minimum Gasteiger partial charge on any atom is -0.353 e. The van der Waals surface area contributed by atoms with Crippen LogP contribution in [0.4, 0.5) is 5.69 Å². The van der Waals surface area contributed by atoms with Crippen LogP contribution in [0.15, 0.2) is 24.3 Å². The van der Waals surface area contributed by atoms with Crippen LogP contribution in [-0.4, -0.2) is 41.9 Å². The number of nitro benzene ring substituents is 1.